The fourth-order valence-electron chi connectivity index (χ4n) is 2.10. The van der Waals surface area contributed by atoms with Crippen LogP contribution in [0.1, 0.15) is 50.6 Å². The third kappa shape index (κ3) is 2.65. The maximum atomic E-state index is 13.9. The van der Waals surface area contributed by atoms with E-state index in [1.54, 1.807) is 12.3 Å². The Morgan fingerprint density at radius 2 is 1.84 bits per heavy atom. The largest absolute Gasteiger partial charge is 0.261 e. The van der Waals surface area contributed by atoms with Crippen molar-refractivity contribution in [2.75, 3.05) is 0 Å². The average Bonchev–Trinajstić information content (AvgIpc) is 2.39. The van der Waals surface area contributed by atoms with Crippen LogP contribution >= 0.6 is 0 Å². The van der Waals surface area contributed by atoms with Crippen molar-refractivity contribution in [3.63, 3.8) is 0 Å². The van der Waals surface area contributed by atoms with Gasteiger partial charge >= 0.3 is 0 Å². The van der Waals surface area contributed by atoms with Crippen molar-refractivity contribution in [3.8, 4) is 0 Å². The highest BCUT2D eigenvalue weighted by Crippen LogP contribution is 2.31. The number of pyridine rings is 2. The Hall–Kier alpha value is -1.77. The van der Waals surface area contributed by atoms with Crippen LogP contribution in [0.4, 0.5) is 4.39 Å². The predicted octanol–water partition coefficient (Wildman–Crippen LogP) is 4.07. The van der Waals surface area contributed by atoms with Gasteiger partial charge in [-0.1, -0.05) is 19.9 Å². The van der Waals surface area contributed by atoms with Crippen LogP contribution in [0.5, 0.6) is 0 Å². The molecule has 0 spiro atoms. The van der Waals surface area contributed by atoms with Crippen molar-refractivity contribution in [3.05, 3.63) is 59.4 Å². The Balaban J connectivity index is 2.42. The summed E-state index contributed by atoms with van der Waals surface area (Å²) >= 11 is 0. The van der Waals surface area contributed by atoms with Crippen LogP contribution in [0.25, 0.3) is 0 Å². The highest BCUT2D eigenvalue weighted by molar-refractivity contribution is 5.33. The molecule has 0 amide bonds. The second-order valence-electron chi connectivity index (χ2n) is 5.59. The molecule has 0 unspecified atom stereocenters. The molecule has 0 fully saturated rings. The van der Waals surface area contributed by atoms with E-state index in [0.29, 0.717) is 11.6 Å². The van der Waals surface area contributed by atoms with E-state index in [4.69, 9.17) is 0 Å². The number of halogens is 1. The van der Waals surface area contributed by atoms with Gasteiger partial charge in [0.1, 0.15) is 5.82 Å². The molecule has 19 heavy (non-hydrogen) atoms. The van der Waals surface area contributed by atoms with E-state index >= 15 is 0 Å². The van der Waals surface area contributed by atoms with E-state index in [-0.39, 0.29) is 5.82 Å². The van der Waals surface area contributed by atoms with Gasteiger partial charge in [-0.15, -0.1) is 0 Å². The number of hydrogen-bond donors (Lipinski definition) is 0. The topological polar surface area (TPSA) is 25.8 Å². The molecule has 0 bridgehead atoms. The number of rotatable bonds is 3. The summed E-state index contributed by atoms with van der Waals surface area (Å²) in [7, 11) is 0. The van der Waals surface area contributed by atoms with Crippen molar-refractivity contribution >= 4 is 0 Å². The molecule has 0 N–H and O–H groups in total. The monoisotopic (exact) mass is 258 g/mol. The number of nitrogens with zero attached hydrogens (tertiary/aromatic N) is 2. The van der Waals surface area contributed by atoms with Crippen LogP contribution in [0, 0.1) is 5.82 Å². The van der Waals surface area contributed by atoms with Crippen LogP contribution in [0.2, 0.25) is 0 Å². The lowest BCUT2D eigenvalue weighted by Gasteiger charge is -2.25. The van der Waals surface area contributed by atoms with Gasteiger partial charge in [-0.05, 0) is 43.5 Å². The lowest BCUT2D eigenvalue weighted by molar-refractivity contribution is 0.527. The van der Waals surface area contributed by atoms with Crippen LogP contribution in [0.3, 0.4) is 0 Å². The molecule has 100 valence electrons. The lowest BCUT2D eigenvalue weighted by Crippen LogP contribution is -2.22. The van der Waals surface area contributed by atoms with E-state index < -0.39 is 5.41 Å². The van der Waals surface area contributed by atoms with E-state index in [1.165, 1.54) is 6.07 Å². The van der Waals surface area contributed by atoms with Crippen LogP contribution in [-0.2, 0) is 5.41 Å². The third-order valence-corrected chi connectivity index (χ3v) is 3.45. The van der Waals surface area contributed by atoms with Crippen molar-refractivity contribution in [2.24, 2.45) is 0 Å². The Labute approximate surface area is 113 Å². The minimum atomic E-state index is -0.492. The van der Waals surface area contributed by atoms with E-state index in [9.17, 15) is 4.39 Å². The van der Waals surface area contributed by atoms with Crippen molar-refractivity contribution < 1.29 is 4.39 Å². The Kier molecular flexibility index (Phi) is 3.65. The quantitative estimate of drug-likeness (QED) is 0.829. The fourth-order valence-corrected chi connectivity index (χ4v) is 2.10. The van der Waals surface area contributed by atoms with Gasteiger partial charge in [0, 0.05) is 23.5 Å². The molecule has 0 aliphatic carbocycles. The Morgan fingerprint density at radius 3 is 2.37 bits per heavy atom. The molecule has 0 saturated carbocycles. The molecule has 0 atom stereocenters. The molecular formula is C16H19FN2. The molecule has 3 heteroatoms. The molecule has 0 saturated heterocycles. The first-order valence-corrected chi connectivity index (χ1v) is 6.50. The van der Waals surface area contributed by atoms with Crippen molar-refractivity contribution in [2.45, 2.75) is 39.0 Å². The smallest absolute Gasteiger partial charge is 0.145 e. The van der Waals surface area contributed by atoms with E-state index in [0.717, 1.165) is 11.3 Å². The average molecular weight is 258 g/mol. The third-order valence-electron chi connectivity index (χ3n) is 3.45. The number of hydrogen-bond acceptors (Lipinski definition) is 2. The zero-order valence-electron chi connectivity index (χ0n) is 11.8. The molecule has 0 aromatic carbocycles. The minimum Gasteiger partial charge on any atom is -0.261 e. The highest BCUT2D eigenvalue weighted by atomic mass is 19.1. The van der Waals surface area contributed by atoms with Crippen LogP contribution in [-0.4, -0.2) is 9.97 Å². The summed E-state index contributed by atoms with van der Waals surface area (Å²) in [6.07, 6.45) is 3.44. The van der Waals surface area contributed by atoms with Gasteiger partial charge in [0.25, 0.3) is 0 Å². The molecule has 0 aliphatic heterocycles. The molecular weight excluding hydrogens is 239 g/mol. The van der Waals surface area contributed by atoms with Crippen molar-refractivity contribution in [1.82, 2.24) is 9.97 Å². The summed E-state index contributed by atoms with van der Waals surface area (Å²) in [4.78, 5) is 8.63. The standard InChI is InChI=1S/C16H19FN2/c1-11(2)14-8-7-12(10-19-14)16(3,4)15-13(17)6-5-9-18-15/h5-11H,1-4H3. The molecule has 2 rings (SSSR count). The summed E-state index contributed by atoms with van der Waals surface area (Å²) in [5, 5.41) is 0. The number of aromatic nitrogens is 2. The zero-order valence-corrected chi connectivity index (χ0v) is 11.8. The fraction of sp³-hybridized carbons (Fsp3) is 0.375. The lowest BCUT2D eigenvalue weighted by atomic mass is 9.81. The highest BCUT2D eigenvalue weighted by Gasteiger charge is 2.28. The maximum absolute atomic E-state index is 13.9. The summed E-state index contributed by atoms with van der Waals surface area (Å²) in [6.45, 7) is 8.13. The summed E-state index contributed by atoms with van der Waals surface area (Å²) in [5.74, 6) is 0.115. The molecule has 2 aromatic heterocycles. The maximum Gasteiger partial charge on any atom is 0.145 e. The van der Waals surface area contributed by atoms with Gasteiger partial charge in [-0.3, -0.25) is 9.97 Å². The van der Waals surface area contributed by atoms with Crippen LogP contribution in [0.15, 0.2) is 36.7 Å². The van der Waals surface area contributed by atoms with Gasteiger partial charge in [0.05, 0.1) is 5.69 Å². The summed E-state index contributed by atoms with van der Waals surface area (Å²) in [5.41, 5.74) is 1.97. The molecule has 0 radical (unpaired) electrons. The molecule has 0 aliphatic rings. The first kappa shape index (κ1) is 13.7. The van der Waals surface area contributed by atoms with Gasteiger partial charge in [-0.2, -0.15) is 0 Å². The zero-order chi connectivity index (χ0) is 14.0. The Morgan fingerprint density at radius 1 is 1.11 bits per heavy atom. The van der Waals surface area contributed by atoms with Gasteiger partial charge < -0.3 is 0 Å². The first-order valence-electron chi connectivity index (χ1n) is 6.50. The molecule has 2 aromatic rings. The second-order valence-corrected chi connectivity index (χ2v) is 5.59. The predicted molar refractivity (Wildman–Crippen MR) is 74.6 cm³/mol. The summed E-state index contributed by atoms with van der Waals surface area (Å²) in [6, 6.07) is 7.06. The SMILES string of the molecule is CC(C)c1ccc(C(C)(C)c2ncccc2F)cn1. The molecule has 2 nitrogen and oxygen atoms in total. The molecule has 2 heterocycles. The Bertz CT molecular complexity index is 559. The minimum absolute atomic E-state index is 0.277. The van der Waals surface area contributed by atoms with Gasteiger partial charge in [0.2, 0.25) is 0 Å². The van der Waals surface area contributed by atoms with E-state index in [2.05, 4.69) is 23.8 Å². The van der Waals surface area contributed by atoms with Crippen molar-refractivity contribution in [1.29, 1.82) is 0 Å². The van der Waals surface area contributed by atoms with Gasteiger partial charge in [-0.25, -0.2) is 4.39 Å². The second kappa shape index (κ2) is 5.08. The normalized spacial score (nSPS) is 11.9. The van der Waals surface area contributed by atoms with Crippen LogP contribution < -0.4 is 0 Å². The summed E-state index contributed by atoms with van der Waals surface area (Å²) < 4.78 is 13.9. The first-order chi connectivity index (χ1) is 8.93. The van der Waals surface area contributed by atoms with E-state index in [1.807, 2.05) is 32.2 Å². The van der Waals surface area contributed by atoms with Gasteiger partial charge in [0.15, 0.2) is 0 Å².